The molecule has 1 aromatic rings. The summed E-state index contributed by atoms with van der Waals surface area (Å²) in [5.74, 6) is 0. The molecule has 0 saturated heterocycles. The third-order valence-corrected chi connectivity index (χ3v) is 4.13. The van der Waals surface area contributed by atoms with Crippen LogP contribution in [0, 0.1) is 6.92 Å². The molecular weight excluding hydrogens is 167 g/mol. The van der Waals surface area contributed by atoms with Crippen molar-refractivity contribution < 1.29 is 0 Å². The Morgan fingerprint density at radius 1 is 0.857 bits per heavy atom. The van der Waals surface area contributed by atoms with Crippen LogP contribution in [0.2, 0.25) is 19.0 Å². The van der Waals surface area contributed by atoms with Gasteiger partial charge in [-0.1, -0.05) is 50.6 Å². The lowest BCUT2D eigenvalue weighted by Gasteiger charge is -2.37. The van der Waals surface area contributed by atoms with Crippen LogP contribution in [0.15, 0.2) is 24.3 Å². The first-order chi connectivity index (χ1) is 6.68. The lowest BCUT2D eigenvalue weighted by atomic mass is 9.17. The van der Waals surface area contributed by atoms with E-state index in [0.29, 0.717) is 0 Å². The molecule has 0 bridgehead atoms. The van der Waals surface area contributed by atoms with Gasteiger partial charge in [0.1, 0.15) is 0 Å². The number of benzene rings is 1. The van der Waals surface area contributed by atoms with Crippen LogP contribution < -0.4 is 5.46 Å². The molecule has 14 heavy (non-hydrogen) atoms. The molecule has 0 heterocycles. The fourth-order valence-electron chi connectivity index (χ4n) is 2.55. The quantitative estimate of drug-likeness (QED) is 0.633. The summed E-state index contributed by atoms with van der Waals surface area (Å²) in [4.78, 5) is 0. The first kappa shape index (κ1) is 11.4. The highest BCUT2D eigenvalue weighted by atomic mass is 14.0. The van der Waals surface area contributed by atoms with Gasteiger partial charge in [-0.3, -0.25) is 0 Å². The molecule has 1 heteroatoms. The zero-order chi connectivity index (χ0) is 10.6. The van der Waals surface area contributed by atoms with Crippen molar-refractivity contribution in [3.8, 4) is 0 Å². The van der Waals surface area contributed by atoms with E-state index < -0.39 is 0 Å². The maximum Gasteiger partial charge on any atom is 0.0269 e. The topological polar surface area (TPSA) is 0 Å². The summed E-state index contributed by atoms with van der Waals surface area (Å²) in [6, 6.07) is 9.14. The molecule has 0 N–H and O–H groups in total. The molecule has 0 saturated carbocycles. The van der Waals surface area contributed by atoms with Crippen LogP contribution in [0.4, 0.5) is 0 Å². The Balaban J connectivity index is 3.05. The fraction of sp³-hybridized carbons (Fsp3) is 0.538. The van der Waals surface area contributed by atoms with Gasteiger partial charge in [-0.2, -0.15) is 19.0 Å². The summed E-state index contributed by atoms with van der Waals surface area (Å²) < 4.78 is 0. The van der Waals surface area contributed by atoms with Gasteiger partial charge in [0.05, 0.1) is 0 Å². The molecule has 0 atom stereocenters. The largest absolute Gasteiger partial charge is 0.210 e. The molecule has 1 aromatic carbocycles. The molecule has 0 aliphatic rings. The highest BCUT2D eigenvalue weighted by Gasteiger charge is 2.19. The van der Waals surface area contributed by atoms with Crippen molar-refractivity contribution in [3.05, 3.63) is 29.8 Å². The third-order valence-electron chi connectivity index (χ3n) is 4.13. The van der Waals surface area contributed by atoms with Gasteiger partial charge >= 0.3 is 0 Å². The summed E-state index contributed by atoms with van der Waals surface area (Å²) in [6.07, 6.45) is 3.63. The van der Waals surface area contributed by atoms with Crippen molar-refractivity contribution in [2.45, 2.75) is 46.7 Å². The normalized spacial score (nSPS) is 11.7. The fourth-order valence-corrected chi connectivity index (χ4v) is 2.55. The average molecular weight is 189 g/mol. The predicted molar refractivity (Wildman–Crippen MR) is 68.0 cm³/mol. The van der Waals surface area contributed by atoms with E-state index in [1.807, 2.05) is 0 Å². The Morgan fingerprint density at radius 2 is 1.29 bits per heavy atom. The van der Waals surface area contributed by atoms with Crippen LogP contribution in [0.3, 0.4) is 0 Å². The zero-order valence-corrected chi connectivity index (χ0v) is 10.0. The Kier molecular flexibility index (Phi) is 3.80. The van der Waals surface area contributed by atoms with Gasteiger partial charge in [0.15, 0.2) is 0 Å². The van der Waals surface area contributed by atoms with Gasteiger partial charge in [-0.25, -0.2) is 5.46 Å². The van der Waals surface area contributed by atoms with Crippen molar-refractivity contribution in [2.24, 2.45) is 0 Å². The van der Waals surface area contributed by atoms with Gasteiger partial charge in [-0.15, -0.1) is 0 Å². The monoisotopic (exact) mass is 189 g/mol. The molecule has 0 fully saturated rings. The van der Waals surface area contributed by atoms with E-state index in [2.05, 4.69) is 52.0 Å². The molecule has 78 valence electrons. The van der Waals surface area contributed by atoms with Crippen LogP contribution in [0.25, 0.3) is 0 Å². The third kappa shape index (κ3) is 2.02. The van der Waals surface area contributed by atoms with Crippen LogP contribution >= 0.6 is 0 Å². The number of aryl methyl sites for hydroxylation is 1. The molecule has 0 amide bonds. The van der Waals surface area contributed by atoms with Crippen LogP contribution in [0.5, 0.6) is 0 Å². The van der Waals surface area contributed by atoms with E-state index in [-0.39, 0.29) is 6.15 Å². The van der Waals surface area contributed by atoms with Gasteiger partial charge in [0.25, 0.3) is 0 Å². The first-order valence-electron chi connectivity index (χ1n) is 5.96. The van der Waals surface area contributed by atoms with Crippen molar-refractivity contribution in [2.75, 3.05) is 0 Å². The standard InChI is InChI=1S/C13H22B/c1-5-14(6-2,7-3)13-10-8-12(4)9-11-13/h8-11H,5-7H2,1-4H3/q-1. The smallest absolute Gasteiger partial charge is 0.0269 e. The van der Waals surface area contributed by atoms with E-state index in [1.165, 1.54) is 24.5 Å². The zero-order valence-electron chi connectivity index (χ0n) is 10.0. The van der Waals surface area contributed by atoms with E-state index in [1.54, 1.807) is 5.46 Å². The van der Waals surface area contributed by atoms with Gasteiger partial charge in [-0.05, 0) is 6.92 Å². The summed E-state index contributed by atoms with van der Waals surface area (Å²) >= 11 is 0. The number of hydrogen-bond acceptors (Lipinski definition) is 0. The molecular formula is C13H22B-. The molecule has 0 nitrogen and oxygen atoms in total. The lowest BCUT2D eigenvalue weighted by molar-refractivity contribution is 1.19. The van der Waals surface area contributed by atoms with E-state index in [9.17, 15) is 0 Å². The number of hydrogen-bond donors (Lipinski definition) is 0. The predicted octanol–water partition coefficient (Wildman–Crippen LogP) is 3.71. The highest BCUT2D eigenvalue weighted by molar-refractivity contribution is 6.91. The van der Waals surface area contributed by atoms with Crippen molar-refractivity contribution in [1.29, 1.82) is 0 Å². The van der Waals surface area contributed by atoms with Gasteiger partial charge < -0.3 is 0 Å². The Bertz CT molecular complexity index is 262. The maximum absolute atomic E-state index is 2.33. The second kappa shape index (κ2) is 4.68. The van der Waals surface area contributed by atoms with Gasteiger partial charge in [0.2, 0.25) is 0 Å². The van der Waals surface area contributed by atoms with Crippen LogP contribution in [-0.2, 0) is 0 Å². The lowest BCUT2D eigenvalue weighted by Crippen LogP contribution is -2.45. The summed E-state index contributed by atoms with van der Waals surface area (Å²) in [7, 11) is 0. The van der Waals surface area contributed by atoms with E-state index >= 15 is 0 Å². The minimum Gasteiger partial charge on any atom is -0.210 e. The molecule has 0 aromatic heterocycles. The molecule has 0 aliphatic carbocycles. The maximum atomic E-state index is 2.33. The van der Waals surface area contributed by atoms with E-state index in [0.717, 1.165) is 0 Å². The second-order valence-corrected chi connectivity index (χ2v) is 4.61. The summed E-state index contributed by atoms with van der Waals surface area (Å²) in [6.45, 7) is 9.13. The summed E-state index contributed by atoms with van der Waals surface area (Å²) in [5, 5.41) is 0. The highest BCUT2D eigenvalue weighted by Crippen LogP contribution is 2.20. The molecule has 1 rings (SSSR count). The number of rotatable bonds is 4. The molecule has 0 radical (unpaired) electrons. The van der Waals surface area contributed by atoms with Crippen molar-refractivity contribution in [1.82, 2.24) is 0 Å². The average Bonchev–Trinajstić information content (AvgIpc) is 2.24. The van der Waals surface area contributed by atoms with Crippen molar-refractivity contribution >= 4 is 11.6 Å². The first-order valence-corrected chi connectivity index (χ1v) is 5.96. The minimum atomic E-state index is -0.277. The van der Waals surface area contributed by atoms with Crippen LogP contribution in [-0.4, -0.2) is 6.15 Å². The second-order valence-electron chi connectivity index (χ2n) is 4.61. The minimum absolute atomic E-state index is 0.277. The van der Waals surface area contributed by atoms with E-state index in [4.69, 9.17) is 0 Å². The Labute approximate surface area is 88.6 Å². The van der Waals surface area contributed by atoms with Gasteiger partial charge in [0, 0.05) is 6.15 Å². The SMILES string of the molecule is CC[B-](CC)(CC)c1ccc(C)cc1. The van der Waals surface area contributed by atoms with Crippen LogP contribution in [0.1, 0.15) is 26.3 Å². The molecule has 0 unspecified atom stereocenters. The Morgan fingerprint density at radius 3 is 1.64 bits per heavy atom. The Hall–Kier alpha value is -0.715. The van der Waals surface area contributed by atoms with Crippen molar-refractivity contribution in [3.63, 3.8) is 0 Å². The molecule has 0 spiro atoms. The summed E-state index contributed by atoms with van der Waals surface area (Å²) in [5.41, 5.74) is 2.94. The molecule has 0 aliphatic heterocycles.